The largest absolute Gasteiger partial charge is 0.368 e. The molecular formula is C17H24N2O2. The van der Waals surface area contributed by atoms with Crippen LogP contribution in [0.25, 0.3) is 0 Å². The second-order valence-electron chi connectivity index (χ2n) is 5.94. The zero-order valence-electron chi connectivity index (χ0n) is 12.5. The van der Waals surface area contributed by atoms with Crippen LogP contribution in [0.1, 0.15) is 30.4 Å². The molecule has 3 rings (SSSR count). The summed E-state index contributed by atoms with van der Waals surface area (Å²) in [6.45, 7) is 4.68. The van der Waals surface area contributed by atoms with Crippen LogP contribution in [0.15, 0.2) is 24.3 Å². The highest BCUT2D eigenvalue weighted by molar-refractivity contribution is 5.80. The maximum atomic E-state index is 11.8. The van der Waals surface area contributed by atoms with Crippen molar-refractivity contribution < 1.29 is 9.53 Å². The van der Waals surface area contributed by atoms with E-state index in [9.17, 15) is 4.79 Å². The molecule has 0 bridgehead atoms. The number of carbonyl (C=O) groups is 1. The molecule has 21 heavy (non-hydrogen) atoms. The van der Waals surface area contributed by atoms with Crippen molar-refractivity contribution in [3.63, 3.8) is 0 Å². The molecule has 0 aromatic heterocycles. The zero-order chi connectivity index (χ0) is 14.5. The highest BCUT2D eigenvalue weighted by Gasteiger charge is 2.23. The Morgan fingerprint density at radius 1 is 1.33 bits per heavy atom. The molecule has 1 N–H and O–H groups in total. The molecule has 114 valence electrons. The first-order valence-corrected chi connectivity index (χ1v) is 8.01. The number of nitrogens with one attached hydrogen (secondary N) is 1. The Kier molecular flexibility index (Phi) is 4.88. The summed E-state index contributed by atoms with van der Waals surface area (Å²) in [6.07, 6.45) is 3.81. The molecule has 1 unspecified atom stereocenters. The molecule has 1 saturated heterocycles. The number of hydrogen-bond acceptors (Lipinski definition) is 3. The Bertz CT molecular complexity index is 483. The third kappa shape index (κ3) is 3.83. The van der Waals surface area contributed by atoms with Crippen LogP contribution < -0.4 is 5.32 Å². The molecule has 0 aliphatic carbocycles. The maximum Gasteiger partial charge on any atom is 0.249 e. The number of benzene rings is 1. The van der Waals surface area contributed by atoms with Crippen LogP contribution in [-0.2, 0) is 22.5 Å². The lowest BCUT2D eigenvalue weighted by atomic mass is 10.00. The van der Waals surface area contributed by atoms with Gasteiger partial charge in [0.1, 0.15) is 6.10 Å². The van der Waals surface area contributed by atoms with Crippen LogP contribution >= 0.6 is 0 Å². The Morgan fingerprint density at radius 2 is 2.19 bits per heavy atom. The first-order chi connectivity index (χ1) is 10.3. The van der Waals surface area contributed by atoms with Crippen molar-refractivity contribution in [3.05, 3.63) is 35.4 Å². The van der Waals surface area contributed by atoms with E-state index >= 15 is 0 Å². The number of hydrogen-bond donors (Lipinski definition) is 1. The van der Waals surface area contributed by atoms with Gasteiger partial charge in [-0.2, -0.15) is 0 Å². The number of carbonyl (C=O) groups excluding carboxylic acids is 1. The van der Waals surface area contributed by atoms with E-state index in [-0.39, 0.29) is 12.0 Å². The van der Waals surface area contributed by atoms with E-state index in [2.05, 4.69) is 34.5 Å². The first kappa shape index (κ1) is 14.5. The molecule has 1 aromatic carbocycles. The Balaban J connectivity index is 1.36. The van der Waals surface area contributed by atoms with Gasteiger partial charge >= 0.3 is 0 Å². The highest BCUT2D eigenvalue weighted by Crippen LogP contribution is 2.18. The maximum absolute atomic E-state index is 11.8. The lowest BCUT2D eigenvalue weighted by molar-refractivity contribution is -0.130. The van der Waals surface area contributed by atoms with Gasteiger partial charge in [0.25, 0.3) is 0 Å². The van der Waals surface area contributed by atoms with Crippen molar-refractivity contribution in [1.29, 1.82) is 0 Å². The lowest BCUT2D eigenvalue weighted by Gasteiger charge is -2.28. The SMILES string of the molecule is O=C(NCCCN1CCc2ccccc2C1)C1CCCO1. The minimum absolute atomic E-state index is 0.0662. The summed E-state index contributed by atoms with van der Waals surface area (Å²) >= 11 is 0. The Hall–Kier alpha value is -1.39. The van der Waals surface area contributed by atoms with E-state index < -0.39 is 0 Å². The summed E-state index contributed by atoms with van der Waals surface area (Å²) < 4.78 is 5.38. The van der Waals surface area contributed by atoms with Crippen LogP contribution in [-0.4, -0.2) is 43.2 Å². The number of fused-ring (bicyclic) bond motifs is 1. The van der Waals surface area contributed by atoms with Crippen molar-refractivity contribution in [1.82, 2.24) is 10.2 Å². The minimum Gasteiger partial charge on any atom is -0.368 e. The van der Waals surface area contributed by atoms with Crippen molar-refractivity contribution in [2.45, 2.75) is 38.3 Å². The minimum atomic E-state index is -0.202. The molecule has 1 atom stereocenters. The smallest absolute Gasteiger partial charge is 0.249 e. The number of nitrogens with zero attached hydrogens (tertiary/aromatic N) is 1. The van der Waals surface area contributed by atoms with Crippen LogP contribution in [0.2, 0.25) is 0 Å². The molecule has 0 radical (unpaired) electrons. The summed E-state index contributed by atoms with van der Waals surface area (Å²) in [5.74, 6) is 0.0662. The third-order valence-electron chi connectivity index (χ3n) is 4.38. The number of rotatable bonds is 5. The second kappa shape index (κ2) is 7.05. The lowest BCUT2D eigenvalue weighted by Crippen LogP contribution is -2.37. The molecule has 2 heterocycles. The molecule has 1 aromatic rings. The monoisotopic (exact) mass is 288 g/mol. The Labute approximate surface area is 126 Å². The van der Waals surface area contributed by atoms with Crippen molar-refractivity contribution in [2.75, 3.05) is 26.2 Å². The van der Waals surface area contributed by atoms with E-state index in [0.717, 1.165) is 58.5 Å². The van der Waals surface area contributed by atoms with Crippen LogP contribution in [0, 0.1) is 0 Å². The third-order valence-corrected chi connectivity index (χ3v) is 4.38. The van der Waals surface area contributed by atoms with Crippen LogP contribution in [0.3, 0.4) is 0 Å². The molecule has 4 nitrogen and oxygen atoms in total. The molecule has 0 spiro atoms. The zero-order valence-corrected chi connectivity index (χ0v) is 12.5. The summed E-state index contributed by atoms with van der Waals surface area (Å²) in [6, 6.07) is 8.69. The van der Waals surface area contributed by atoms with Gasteiger partial charge in [0.15, 0.2) is 0 Å². The summed E-state index contributed by atoms with van der Waals surface area (Å²) in [5, 5.41) is 2.99. The fourth-order valence-corrected chi connectivity index (χ4v) is 3.16. The first-order valence-electron chi connectivity index (χ1n) is 8.01. The molecule has 1 amide bonds. The van der Waals surface area contributed by atoms with Crippen molar-refractivity contribution in [3.8, 4) is 0 Å². The average molecular weight is 288 g/mol. The molecule has 2 aliphatic rings. The summed E-state index contributed by atoms with van der Waals surface area (Å²) in [7, 11) is 0. The van der Waals surface area contributed by atoms with Gasteiger partial charge in [0.05, 0.1) is 0 Å². The molecule has 0 saturated carbocycles. The molecule has 2 aliphatic heterocycles. The predicted octanol–water partition coefficient (Wildman–Crippen LogP) is 1.73. The molecule has 4 heteroatoms. The van der Waals surface area contributed by atoms with Crippen LogP contribution in [0.5, 0.6) is 0 Å². The average Bonchev–Trinajstić information content (AvgIpc) is 3.06. The van der Waals surface area contributed by atoms with E-state index in [0.29, 0.717) is 0 Å². The van der Waals surface area contributed by atoms with Crippen LogP contribution in [0.4, 0.5) is 0 Å². The van der Waals surface area contributed by atoms with Gasteiger partial charge in [-0.1, -0.05) is 24.3 Å². The van der Waals surface area contributed by atoms with Gasteiger partial charge in [0.2, 0.25) is 5.91 Å². The van der Waals surface area contributed by atoms with E-state index in [1.165, 1.54) is 11.1 Å². The second-order valence-corrected chi connectivity index (χ2v) is 5.94. The topological polar surface area (TPSA) is 41.6 Å². The van der Waals surface area contributed by atoms with Gasteiger partial charge in [-0.3, -0.25) is 9.69 Å². The van der Waals surface area contributed by atoms with Gasteiger partial charge in [-0.25, -0.2) is 0 Å². The Morgan fingerprint density at radius 3 is 3.00 bits per heavy atom. The van der Waals surface area contributed by atoms with E-state index in [4.69, 9.17) is 4.74 Å². The van der Waals surface area contributed by atoms with E-state index in [1.807, 2.05) is 0 Å². The highest BCUT2D eigenvalue weighted by atomic mass is 16.5. The van der Waals surface area contributed by atoms with Gasteiger partial charge in [-0.15, -0.1) is 0 Å². The number of amides is 1. The predicted molar refractivity (Wildman–Crippen MR) is 82.0 cm³/mol. The summed E-state index contributed by atoms with van der Waals surface area (Å²) in [4.78, 5) is 14.3. The quantitative estimate of drug-likeness (QED) is 0.839. The normalized spacial score (nSPS) is 22.0. The fourth-order valence-electron chi connectivity index (χ4n) is 3.16. The molecular weight excluding hydrogens is 264 g/mol. The van der Waals surface area contributed by atoms with E-state index in [1.54, 1.807) is 0 Å². The van der Waals surface area contributed by atoms with Gasteiger partial charge < -0.3 is 10.1 Å². The molecule has 1 fully saturated rings. The summed E-state index contributed by atoms with van der Waals surface area (Å²) in [5.41, 5.74) is 2.94. The standard InChI is InChI=1S/C17H24N2O2/c20-17(16-7-3-12-21-16)18-9-4-10-19-11-8-14-5-1-2-6-15(14)13-19/h1-2,5-6,16H,3-4,7-13H2,(H,18,20). The van der Waals surface area contributed by atoms with Gasteiger partial charge in [-0.05, 0) is 36.8 Å². The van der Waals surface area contributed by atoms with Gasteiger partial charge in [0, 0.05) is 32.8 Å². The number of ether oxygens (including phenoxy) is 1. The van der Waals surface area contributed by atoms with Crippen molar-refractivity contribution in [2.24, 2.45) is 0 Å². The fraction of sp³-hybridized carbons (Fsp3) is 0.588. The van der Waals surface area contributed by atoms with Crippen molar-refractivity contribution >= 4 is 5.91 Å².